The van der Waals surface area contributed by atoms with Crippen LogP contribution in [0.2, 0.25) is 0 Å². The molecule has 0 aromatic heterocycles. The zero-order valence-corrected chi connectivity index (χ0v) is 24.0. The first kappa shape index (κ1) is 29.8. The van der Waals surface area contributed by atoms with Crippen LogP contribution in [0.5, 0.6) is 11.5 Å². The van der Waals surface area contributed by atoms with E-state index in [1.807, 2.05) is 30.3 Å². The van der Waals surface area contributed by atoms with Crippen molar-refractivity contribution < 1.29 is 37.2 Å². The standard InChI is InChI=1S/C29H17BrF3N3O6S/c30-19-9-11-23(42-24-10-8-18(29(31,32)33)14-22(24)36(40)41)17(12-19)13-25-27(38)35(28(39)43-25)15-26(37)34-21-7-3-5-16-4-1-2-6-20(16)21/h1-14H,15H2,(H,34,37)/b25-13+. The fraction of sp³-hybridized carbons (Fsp3) is 0.0690. The van der Waals surface area contributed by atoms with Gasteiger partial charge in [0.05, 0.1) is 15.4 Å². The molecule has 43 heavy (non-hydrogen) atoms. The summed E-state index contributed by atoms with van der Waals surface area (Å²) in [5, 5.41) is 15.2. The summed E-state index contributed by atoms with van der Waals surface area (Å²) in [6.45, 7) is -0.551. The van der Waals surface area contributed by atoms with Crippen molar-refractivity contribution in [2.75, 3.05) is 11.9 Å². The minimum Gasteiger partial charge on any atom is -0.449 e. The molecule has 0 spiro atoms. The number of nitro groups is 1. The number of imide groups is 1. The maximum atomic E-state index is 13.1. The molecule has 1 N–H and O–H groups in total. The quantitative estimate of drug-likeness (QED) is 0.120. The SMILES string of the molecule is O=C(CN1C(=O)S/C(=C/c2cc(Br)ccc2Oc2ccc(C(F)(F)F)cc2[N+](=O)[O-])C1=O)Nc1cccc2ccccc12. The highest BCUT2D eigenvalue weighted by Gasteiger charge is 2.37. The molecule has 9 nitrogen and oxygen atoms in total. The first-order valence-electron chi connectivity index (χ1n) is 12.3. The number of carbonyl (C=O) groups excluding carboxylic acids is 3. The predicted octanol–water partition coefficient (Wildman–Crippen LogP) is 8.00. The van der Waals surface area contributed by atoms with E-state index < -0.39 is 51.7 Å². The highest BCUT2D eigenvalue weighted by Crippen LogP contribution is 2.40. The summed E-state index contributed by atoms with van der Waals surface area (Å²) in [4.78, 5) is 49.9. The van der Waals surface area contributed by atoms with E-state index in [4.69, 9.17) is 4.74 Å². The average molecular weight is 672 g/mol. The van der Waals surface area contributed by atoms with E-state index in [0.29, 0.717) is 34.1 Å². The van der Waals surface area contributed by atoms with Crippen molar-refractivity contribution in [2.45, 2.75) is 6.18 Å². The van der Waals surface area contributed by atoms with E-state index in [1.54, 1.807) is 12.1 Å². The van der Waals surface area contributed by atoms with Gasteiger partial charge in [-0.1, -0.05) is 52.3 Å². The molecule has 0 bridgehead atoms. The molecule has 1 aliphatic heterocycles. The first-order chi connectivity index (χ1) is 20.4. The third kappa shape index (κ3) is 6.54. The van der Waals surface area contributed by atoms with Crippen LogP contribution in [0.1, 0.15) is 11.1 Å². The third-order valence-electron chi connectivity index (χ3n) is 6.20. The molecule has 218 valence electrons. The summed E-state index contributed by atoms with van der Waals surface area (Å²) < 4.78 is 45.5. The number of halogens is 4. The number of rotatable bonds is 7. The highest BCUT2D eigenvalue weighted by molar-refractivity contribution is 9.10. The zero-order valence-electron chi connectivity index (χ0n) is 21.6. The summed E-state index contributed by atoms with van der Waals surface area (Å²) >= 11 is 3.86. The van der Waals surface area contributed by atoms with E-state index in [-0.39, 0.29) is 16.2 Å². The number of nitrogens with one attached hydrogen (secondary N) is 1. The second-order valence-electron chi connectivity index (χ2n) is 9.06. The number of amides is 3. The van der Waals surface area contributed by atoms with Gasteiger partial charge in [-0.25, -0.2) is 0 Å². The van der Waals surface area contributed by atoms with E-state index in [1.165, 1.54) is 24.3 Å². The lowest BCUT2D eigenvalue weighted by Gasteiger charge is -2.14. The molecule has 5 rings (SSSR count). The molecule has 0 aliphatic carbocycles. The molecule has 4 aromatic carbocycles. The van der Waals surface area contributed by atoms with Crippen LogP contribution in [-0.2, 0) is 15.8 Å². The second kappa shape index (κ2) is 11.9. The van der Waals surface area contributed by atoms with Crippen LogP contribution in [0.15, 0.2) is 88.2 Å². The lowest BCUT2D eigenvalue weighted by molar-refractivity contribution is -0.385. The molecule has 14 heteroatoms. The van der Waals surface area contributed by atoms with Gasteiger partial charge in [0.2, 0.25) is 11.7 Å². The van der Waals surface area contributed by atoms with Crippen molar-refractivity contribution in [1.29, 1.82) is 0 Å². The van der Waals surface area contributed by atoms with Gasteiger partial charge in [-0.15, -0.1) is 0 Å². The monoisotopic (exact) mass is 671 g/mol. The Morgan fingerprint density at radius 1 is 1.02 bits per heavy atom. The smallest absolute Gasteiger partial charge is 0.416 e. The van der Waals surface area contributed by atoms with Crippen LogP contribution in [0, 0.1) is 10.1 Å². The van der Waals surface area contributed by atoms with Gasteiger partial charge in [-0.3, -0.25) is 29.4 Å². The van der Waals surface area contributed by atoms with Crippen LogP contribution in [0.4, 0.5) is 29.3 Å². The number of nitrogens with zero attached hydrogens (tertiary/aromatic N) is 2. The first-order valence-corrected chi connectivity index (χ1v) is 13.9. The molecule has 0 saturated carbocycles. The van der Waals surface area contributed by atoms with Crippen LogP contribution >= 0.6 is 27.7 Å². The van der Waals surface area contributed by atoms with Crippen LogP contribution in [0.3, 0.4) is 0 Å². The number of hydrogen-bond donors (Lipinski definition) is 1. The molecule has 0 atom stereocenters. The number of alkyl halides is 3. The average Bonchev–Trinajstić information content (AvgIpc) is 3.21. The second-order valence-corrected chi connectivity index (χ2v) is 11.0. The summed E-state index contributed by atoms with van der Waals surface area (Å²) in [7, 11) is 0. The van der Waals surface area contributed by atoms with E-state index in [0.717, 1.165) is 21.7 Å². The Bertz CT molecular complexity index is 1840. The van der Waals surface area contributed by atoms with Gasteiger partial charge < -0.3 is 10.1 Å². The number of ether oxygens (including phenoxy) is 1. The normalized spacial score (nSPS) is 14.4. The molecular weight excluding hydrogens is 655 g/mol. The molecule has 0 radical (unpaired) electrons. The predicted molar refractivity (Wildman–Crippen MR) is 158 cm³/mol. The van der Waals surface area contributed by atoms with Crippen molar-refractivity contribution in [3.63, 3.8) is 0 Å². The van der Waals surface area contributed by atoms with Crippen LogP contribution < -0.4 is 10.1 Å². The van der Waals surface area contributed by atoms with Gasteiger partial charge in [0.15, 0.2) is 0 Å². The summed E-state index contributed by atoms with van der Waals surface area (Å²) in [6.07, 6.45) is -3.51. The Hall–Kier alpha value is -4.69. The number of hydrogen-bond acceptors (Lipinski definition) is 7. The minimum absolute atomic E-state index is 0.0356. The fourth-order valence-corrected chi connectivity index (χ4v) is 5.42. The molecule has 3 amide bonds. The van der Waals surface area contributed by atoms with Crippen molar-refractivity contribution in [3.8, 4) is 11.5 Å². The van der Waals surface area contributed by atoms with Crippen molar-refractivity contribution >= 4 is 73.0 Å². The molecule has 1 fully saturated rings. The van der Waals surface area contributed by atoms with Gasteiger partial charge in [0.25, 0.3) is 11.1 Å². The van der Waals surface area contributed by atoms with Crippen molar-refractivity contribution in [1.82, 2.24) is 4.90 Å². The van der Waals surface area contributed by atoms with Crippen LogP contribution in [-0.4, -0.2) is 33.4 Å². The Morgan fingerprint density at radius 3 is 2.49 bits per heavy atom. The number of anilines is 1. The Morgan fingerprint density at radius 2 is 1.74 bits per heavy atom. The molecule has 0 unspecified atom stereocenters. The number of carbonyl (C=O) groups is 3. The zero-order chi connectivity index (χ0) is 30.9. The van der Waals surface area contributed by atoms with Crippen LogP contribution in [0.25, 0.3) is 16.8 Å². The largest absolute Gasteiger partial charge is 0.449 e. The summed E-state index contributed by atoms with van der Waals surface area (Å²) in [5.41, 5.74) is -1.44. The van der Waals surface area contributed by atoms with Gasteiger partial charge in [-0.05, 0) is 59.6 Å². The maximum absolute atomic E-state index is 13.1. The number of nitro benzene ring substituents is 1. The van der Waals surface area contributed by atoms with Gasteiger partial charge in [0, 0.05) is 27.2 Å². The number of fused-ring (bicyclic) bond motifs is 1. The minimum atomic E-state index is -4.80. The summed E-state index contributed by atoms with van der Waals surface area (Å²) in [6, 6.07) is 18.9. The van der Waals surface area contributed by atoms with Crippen molar-refractivity contribution in [3.05, 3.63) is 109 Å². The molecule has 1 saturated heterocycles. The maximum Gasteiger partial charge on any atom is 0.416 e. The topological polar surface area (TPSA) is 119 Å². The summed E-state index contributed by atoms with van der Waals surface area (Å²) in [5.74, 6) is -1.85. The Kier molecular flexibility index (Phi) is 8.24. The van der Waals surface area contributed by atoms with Crippen molar-refractivity contribution in [2.24, 2.45) is 0 Å². The highest BCUT2D eigenvalue weighted by atomic mass is 79.9. The van der Waals surface area contributed by atoms with Gasteiger partial charge >= 0.3 is 11.9 Å². The number of benzene rings is 4. The van der Waals surface area contributed by atoms with E-state index >= 15 is 0 Å². The van der Waals surface area contributed by atoms with E-state index in [2.05, 4.69) is 21.2 Å². The third-order valence-corrected chi connectivity index (χ3v) is 7.60. The fourth-order valence-electron chi connectivity index (χ4n) is 4.21. The molecule has 1 aliphatic rings. The van der Waals surface area contributed by atoms with Gasteiger partial charge in [0.1, 0.15) is 12.3 Å². The van der Waals surface area contributed by atoms with E-state index in [9.17, 15) is 37.7 Å². The lowest BCUT2D eigenvalue weighted by Crippen LogP contribution is -2.36. The molecular formula is C29H17BrF3N3O6S. The number of thioether (sulfide) groups is 1. The van der Waals surface area contributed by atoms with Gasteiger partial charge in [-0.2, -0.15) is 13.2 Å². The Balaban J connectivity index is 1.38. The molecule has 4 aromatic rings. The Labute approximate surface area is 253 Å². The lowest BCUT2D eigenvalue weighted by atomic mass is 10.1. The molecule has 1 heterocycles.